The molecule has 0 aliphatic rings. The molecular weight excluding hydrogens is 310 g/mol. The van der Waals surface area contributed by atoms with Gasteiger partial charge >= 0.3 is 6.03 Å². The molecule has 0 aliphatic carbocycles. The fourth-order valence-corrected chi connectivity index (χ4v) is 2.21. The second-order valence-corrected chi connectivity index (χ2v) is 5.83. The van der Waals surface area contributed by atoms with Gasteiger partial charge in [-0.2, -0.15) is 0 Å². The summed E-state index contributed by atoms with van der Waals surface area (Å²) < 4.78 is 10.5. The Morgan fingerprint density at radius 1 is 1.21 bits per heavy atom. The molecule has 134 valence electrons. The molecule has 3 amide bonds. The molecule has 1 rings (SSSR count). The number of carbonyl (C=O) groups excluding carboxylic acids is 2. The monoisotopic (exact) mass is 338 g/mol. The number of likely N-dealkylation sites (N-methyl/N-ethyl adjacent to an activating group) is 1. The number of ether oxygens (including phenoxy) is 2. The Kier molecular flexibility index (Phi) is 8.05. The number of methoxy groups -OCH3 is 2. The Morgan fingerprint density at radius 2 is 1.88 bits per heavy atom. The van der Waals surface area contributed by atoms with E-state index >= 15 is 0 Å². The molecule has 0 spiro atoms. The second-order valence-electron chi connectivity index (χ2n) is 5.83. The van der Waals surface area contributed by atoms with Crippen molar-refractivity contribution >= 4 is 11.9 Å². The summed E-state index contributed by atoms with van der Waals surface area (Å²) in [5, 5.41) is 5.05. The first kappa shape index (κ1) is 19.8. The molecule has 1 aromatic carbocycles. The molecule has 7 nitrogen and oxygen atoms in total. The van der Waals surface area contributed by atoms with E-state index in [4.69, 9.17) is 9.47 Å². The lowest BCUT2D eigenvalue weighted by atomic mass is 10.2. The number of urea groups is 1. The minimum absolute atomic E-state index is 0.0367. The average molecular weight is 338 g/mol. The van der Waals surface area contributed by atoms with E-state index in [1.165, 1.54) is 0 Å². The Bertz CT molecular complexity index is 563. The molecule has 7 heteroatoms. The highest BCUT2D eigenvalue weighted by Crippen LogP contribution is 2.27. The number of quaternary nitrogens is 1. The van der Waals surface area contributed by atoms with Gasteiger partial charge in [0.25, 0.3) is 5.91 Å². The van der Waals surface area contributed by atoms with Crippen LogP contribution in [0, 0.1) is 0 Å². The van der Waals surface area contributed by atoms with E-state index in [0.29, 0.717) is 18.0 Å². The predicted molar refractivity (Wildman–Crippen MR) is 91.4 cm³/mol. The van der Waals surface area contributed by atoms with Gasteiger partial charge in [-0.3, -0.25) is 10.1 Å². The number of nitrogens with one attached hydrogen (secondary N) is 3. The number of imide groups is 1. The van der Waals surface area contributed by atoms with Gasteiger partial charge < -0.3 is 19.7 Å². The first-order chi connectivity index (χ1) is 11.4. The first-order valence-electron chi connectivity index (χ1n) is 8.02. The Balaban J connectivity index is 2.52. The van der Waals surface area contributed by atoms with Crippen molar-refractivity contribution < 1.29 is 24.0 Å². The standard InChI is InChI=1S/C17H27N3O4/c1-6-12(2)18-17(22)19-16(21)11-20(3)10-13-7-8-14(23-4)15(9-13)24-5/h7-9,12H,6,10-11H2,1-5H3,(H2,18,19,21,22)/p+1/t12-/m0/s1. The molecule has 0 aliphatic heterocycles. The third kappa shape index (κ3) is 6.45. The average Bonchev–Trinajstić information content (AvgIpc) is 2.53. The molecule has 0 bridgehead atoms. The van der Waals surface area contributed by atoms with Gasteiger partial charge in [-0.15, -0.1) is 0 Å². The molecule has 0 saturated carbocycles. The summed E-state index contributed by atoms with van der Waals surface area (Å²) in [6.45, 7) is 4.68. The van der Waals surface area contributed by atoms with Crippen LogP contribution < -0.4 is 25.0 Å². The summed E-state index contributed by atoms with van der Waals surface area (Å²) in [7, 11) is 5.06. The van der Waals surface area contributed by atoms with Crippen molar-refractivity contribution in [3.8, 4) is 11.5 Å². The Labute approximate surface area is 143 Å². The van der Waals surface area contributed by atoms with Gasteiger partial charge in [-0.25, -0.2) is 4.79 Å². The van der Waals surface area contributed by atoms with Gasteiger partial charge in [-0.1, -0.05) is 6.92 Å². The summed E-state index contributed by atoms with van der Waals surface area (Å²) in [6.07, 6.45) is 0.812. The summed E-state index contributed by atoms with van der Waals surface area (Å²) in [4.78, 5) is 24.5. The van der Waals surface area contributed by atoms with E-state index in [0.717, 1.165) is 16.9 Å². The number of rotatable bonds is 8. The van der Waals surface area contributed by atoms with E-state index in [-0.39, 0.29) is 18.5 Å². The number of benzene rings is 1. The fraction of sp³-hybridized carbons (Fsp3) is 0.529. The maximum Gasteiger partial charge on any atom is 0.321 e. The van der Waals surface area contributed by atoms with Crippen molar-refractivity contribution in [1.29, 1.82) is 0 Å². The van der Waals surface area contributed by atoms with Gasteiger partial charge in [0.1, 0.15) is 6.54 Å². The van der Waals surface area contributed by atoms with Crippen LogP contribution >= 0.6 is 0 Å². The zero-order valence-corrected chi connectivity index (χ0v) is 15.1. The minimum Gasteiger partial charge on any atom is -0.493 e. The van der Waals surface area contributed by atoms with Gasteiger partial charge in [0.15, 0.2) is 18.0 Å². The van der Waals surface area contributed by atoms with Crippen LogP contribution in [0.5, 0.6) is 11.5 Å². The third-order valence-corrected chi connectivity index (χ3v) is 3.66. The van der Waals surface area contributed by atoms with E-state index < -0.39 is 6.03 Å². The quantitative estimate of drug-likeness (QED) is 0.639. The van der Waals surface area contributed by atoms with Crippen molar-refractivity contribution in [2.24, 2.45) is 0 Å². The van der Waals surface area contributed by atoms with Crippen LogP contribution in [0.25, 0.3) is 0 Å². The molecule has 2 atom stereocenters. The number of hydrogen-bond donors (Lipinski definition) is 3. The molecular formula is C17H28N3O4+. The van der Waals surface area contributed by atoms with E-state index in [1.807, 2.05) is 39.1 Å². The molecule has 1 unspecified atom stereocenters. The van der Waals surface area contributed by atoms with E-state index in [1.54, 1.807) is 14.2 Å². The molecule has 0 heterocycles. The van der Waals surface area contributed by atoms with Crippen LogP contribution in [0.1, 0.15) is 25.8 Å². The van der Waals surface area contributed by atoms with Crippen molar-refractivity contribution in [3.63, 3.8) is 0 Å². The molecule has 1 aromatic rings. The smallest absolute Gasteiger partial charge is 0.321 e. The molecule has 0 aromatic heterocycles. The van der Waals surface area contributed by atoms with Gasteiger partial charge in [0, 0.05) is 11.6 Å². The van der Waals surface area contributed by atoms with Crippen LogP contribution in [0.2, 0.25) is 0 Å². The van der Waals surface area contributed by atoms with Crippen LogP contribution in [-0.2, 0) is 11.3 Å². The molecule has 0 radical (unpaired) electrons. The maximum absolute atomic E-state index is 11.9. The molecule has 0 saturated heterocycles. The third-order valence-electron chi connectivity index (χ3n) is 3.66. The number of carbonyl (C=O) groups is 2. The summed E-state index contributed by atoms with van der Waals surface area (Å²) in [5.41, 5.74) is 1.02. The summed E-state index contributed by atoms with van der Waals surface area (Å²) in [6, 6.07) is 5.23. The maximum atomic E-state index is 11.9. The number of amides is 3. The topological polar surface area (TPSA) is 81.1 Å². The summed E-state index contributed by atoms with van der Waals surface area (Å²) >= 11 is 0. The molecule has 24 heavy (non-hydrogen) atoms. The van der Waals surface area contributed by atoms with Crippen LogP contribution in [0.3, 0.4) is 0 Å². The van der Waals surface area contributed by atoms with Crippen LogP contribution in [0.4, 0.5) is 4.79 Å². The Hall–Kier alpha value is -2.28. The zero-order valence-electron chi connectivity index (χ0n) is 15.1. The largest absolute Gasteiger partial charge is 0.493 e. The summed E-state index contributed by atoms with van der Waals surface area (Å²) in [5.74, 6) is 1.01. The lowest BCUT2D eigenvalue weighted by Crippen LogP contribution is -3.09. The van der Waals surface area contributed by atoms with Gasteiger partial charge in [0.2, 0.25) is 0 Å². The SMILES string of the molecule is CC[C@H](C)NC(=O)NC(=O)C[NH+](C)Cc1ccc(OC)c(OC)c1. The highest BCUT2D eigenvalue weighted by Gasteiger charge is 2.15. The van der Waals surface area contributed by atoms with Crippen molar-refractivity contribution in [2.45, 2.75) is 32.9 Å². The van der Waals surface area contributed by atoms with E-state index in [9.17, 15) is 9.59 Å². The highest BCUT2D eigenvalue weighted by atomic mass is 16.5. The molecule has 3 N–H and O–H groups in total. The van der Waals surface area contributed by atoms with Crippen LogP contribution in [0.15, 0.2) is 18.2 Å². The van der Waals surface area contributed by atoms with Gasteiger partial charge in [0.05, 0.1) is 21.3 Å². The second kappa shape index (κ2) is 9.77. The lowest BCUT2D eigenvalue weighted by Gasteiger charge is -2.16. The first-order valence-corrected chi connectivity index (χ1v) is 8.02. The zero-order chi connectivity index (χ0) is 18.1. The highest BCUT2D eigenvalue weighted by molar-refractivity contribution is 5.94. The van der Waals surface area contributed by atoms with Gasteiger partial charge in [-0.05, 0) is 31.5 Å². The molecule has 0 fully saturated rings. The van der Waals surface area contributed by atoms with Crippen LogP contribution in [-0.4, -0.2) is 45.8 Å². The lowest BCUT2D eigenvalue weighted by molar-refractivity contribution is -0.885. The van der Waals surface area contributed by atoms with Crippen molar-refractivity contribution in [1.82, 2.24) is 10.6 Å². The van der Waals surface area contributed by atoms with E-state index in [2.05, 4.69) is 10.6 Å². The fourth-order valence-electron chi connectivity index (χ4n) is 2.21. The predicted octanol–water partition coefficient (Wildman–Crippen LogP) is 0.343. The Morgan fingerprint density at radius 3 is 2.46 bits per heavy atom. The number of hydrogen-bond acceptors (Lipinski definition) is 4. The minimum atomic E-state index is -0.451. The van der Waals surface area contributed by atoms with Crippen molar-refractivity contribution in [3.05, 3.63) is 23.8 Å². The van der Waals surface area contributed by atoms with Crippen molar-refractivity contribution in [2.75, 3.05) is 27.8 Å². The normalized spacial score (nSPS) is 12.9.